The standard InChI is InChI=1S/C32H32N2O5/c1-4-20-38-31-27(33-26(35)21-23-14-8-5-9-15-23)30(36)34(31)28(22(2)3)32(37)39-29(24-16-10-6-11-17-24)25-18-12-7-13-19-25/h4-19,27,29,31H,1,20-21H2,2-3H3,(H,33,35)/t27-,31+/m0/s1. The first-order chi connectivity index (χ1) is 18.9. The second-order valence-electron chi connectivity index (χ2n) is 9.38. The third-order valence-electron chi connectivity index (χ3n) is 6.29. The Morgan fingerprint density at radius 1 is 0.923 bits per heavy atom. The summed E-state index contributed by atoms with van der Waals surface area (Å²) in [6.07, 6.45) is 0.0938. The highest BCUT2D eigenvalue weighted by Crippen LogP contribution is 2.32. The fraction of sp³-hybridized carbons (Fsp3) is 0.219. The Kier molecular flexibility index (Phi) is 9.07. The van der Waals surface area contributed by atoms with Gasteiger partial charge in [-0.3, -0.25) is 14.5 Å². The van der Waals surface area contributed by atoms with Crippen molar-refractivity contribution < 1.29 is 23.9 Å². The van der Waals surface area contributed by atoms with Crippen LogP contribution >= 0.6 is 0 Å². The van der Waals surface area contributed by atoms with Crippen molar-refractivity contribution in [2.24, 2.45) is 0 Å². The lowest BCUT2D eigenvalue weighted by molar-refractivity contribution is -0.181. The van der Waals surface area contributed by atoms with Crippen molar-refractivity contribution in [3.05, 3.63) is 132 Å². The van der Waals surface area contributed by atoms with Gasteiger partial charge in [-0.15, -0.1) is 6.58 Å². The van der Waals surface area contributed by atoms with Crippen LogP contribution in [0.2, 0.25) is 0 Å². The number of carbonyl (C=O) groups is 3. The van der Waals surface area contributed by atoms with E-state index in [0.717, 1.165) is 16.7 Å². The average Bonchev–Trinajstić information content (AvgIpc) is 2.95. The summed E-state index contributed by atoms with van der Waals surface area (Å²) in [5.74, 6) is -1.43. The van der Waals surface area contributed by atoms with Gasteiger partial charge in [-0.25, -0.2) is 4.79 Å². The highest BCUT2D eigenvalue weighted by Gasteiger charge is 2.52. The Morgan fingerprint density at radius 3 is 1.97 bits per heavy atom. The molecule has 2 amide bonds. The van der Waals surface area contributed by atoms with E-state index >= 15 is 0 Å². The Labute approximate surface area is 228 Å². The van der Waals surface area contributed by atoms with Gasteiger partial charge in [0.15, 0.2) is 18.4 Å². The van der Waals surface area contributed by atoms with E-state index in [-0.39, 0.29) is 24.6 Å². The monoisotopic (exact) mass is 524 g/mol. The number of likely N-dealkylation sites (tertiary alicyclic amines) is 1. The zero-order valence-electron chi connectivity index (χ0n) is 22.1. The molecule has 0 unspecified atom stereocenters. The largest absolute Gasteiger partial charge is 0.448 e. The minimum atomic E-state index is -0.942. The van der Waals surface area contributed by atoms with Crippen LogP contribution in [-0.4, -0.2) is 41.6 Å². The number of esters is 1. The minimum Gasteiger partial charge on any atom is -0.448 e. The van der Waals surface area contributed by atoms with E-state index in [1.165, 1.54) is 4.90 Å². The molecule has 4 rings (SSSR count). The summed E-state index contributed by atoms with van der Waals surface area (Å²) in [6.45, 7) is 7.27. The normalized spacial score (nSPS) is 16.3. The predicted octanol–water partition coefficient (Wildman–Crippen LogP) is 4.71. The minimum absolute atomic E-state index is 0.0829. The van der Waals surface area contributed by atoms with Crippen LogP contribution in [0.25, 0.3) is 0 Å². The molecule has 0 saturated carbocycles. The third kappa shape index (κ3) is 6.51. The van der Waals surface area contributed by atoms with Crippen molar-refractivity contribution >= 4 is 17.8 Å². The van der Waals surface area contributed by atoms with Gasteiger partial charge in [0, 0.05) is 0 Å². The van der Waals surface area contributed by atoms with Crippen LogP contribution in [0.1, 0.15) is 36.6 Å². The number of nitrogens with one attached hydrogen (secondary N) is 1. The summed E-state index contributed by atoms with van der Waals surface area (Å²) in [4.78, 5) is 41.0. The van der Waals surface area contributed by atoms with Crippen molar-refractivity contribution in [1.82, 2.24) is 10.2 Å². The molecule has 0 spiro atoms. The molecule has 1 fully saturated rings. The lowest BCUT2D eigenvalue weighted by Crippen LogP contribution is -2.71. The smallest absolute Gasteiger partial charge is 0.356 e. The molecule has 0 bridgehead atoms. The van der Waals surface area contributed by atoms with E-state index in [2.05, 4.69) is 11.9 Å². The maximum absolute atomic E-state index is 13.7. The van der Waals surface area contributed by atoms with E-state index in [4.69, 9.17) is 9.47 Å². The first kappa shape index (κ1) is 27.5. The van der Waals surface area contributed by atoms with Gasteiger partial charge >= 0.3 is 5.97 Å². The quantitative estimate of drug-likeness (QED) is 0.170. The molecule has 1 saturated heterocycles. The Bertz CT molecular complexity index is 1300. The van der Waals surface area contributed by atoms with Crippen molar-refractivity contribution in [2.75, 3.05) is 6.61 Å². The molecule has 0 radical (unpaired) electrons. The molecular weight excluding hydrogens is 492 g/mol. The van der Waals surface area contributed by atoms with Gasteiger partial charge in [-0.2, -0.15) is 0 Å². The number of hydrogen-bond acceptors (Lipinski definition) is 5. The summed E-state index contributed by atoms with van der Waals surface area (Å²) in [5.41, 5.74) is 3.08. The maximum atomic E-state index is 13.7. The second kappa shape index (κ2) is 12.8. The van der Waals surface area contributed by atoms with Gasteiger partial charge in [-0.1, -0.05) is 97.1 Å². The summed E-state index contributed by atoms with van der Waals surface area (Å²) in [6, 6.07) is 27.1. The molecule has 0 aliphatic carbocycles. The molecule has 7 nitrogen and oxygen atoms in total. The molecule has 2 atom stereocenters. The Morgan fingerprint density at radius 2 is 1.46 bits per heavy atom. The Balaban J connectivity index is 1.56. The zero-order chi connectivity index (χ0) is 27.8. The second-order valence-corrected chi connectivity index (χ2v) is 9.38. The summed E-state index contributed by atoms with van der Waals surface area (Å²) in [5, 5.41) is 2.76. The molecule has 1 aliphatic rings. The van der Waals surface area contributed by atoms with Gasteiger partial charge < -0.3 is 14.8 Å². The van der Waals surface area contributed by atoms with Gasteiger partial charge in [0.1, 0.15) is 5.70 Å². The van der Waals surface area contributed by atoms with E-state index < -0.39 is 30.3 Å². The predicted molar refractivity (Wildman–Crippen MR) is 148 cm³/mol. The van der Waals surface area contributed by atoms with Crippen LogP contribution in [0.5, 0.6) is 0 Å². The fourth-order valence-electron chi connectivity index (χ4n) is 4.47. The highest BCUT2D eigenvalue weighted by molar-refractivity contribution is 6.01. The molecule has 1 aliphatic heterocycles. The van der Waals surface area contributed by atoms with Crippen molar-refractivity contribution in [2.45, 2.75) is 38.6 Å². The van der Waals surface area contributed by atoms with Crippen LogP contribution in [0, 0.1) is 0 Å². The van der Waals surface area contributed by atoms with Crippen molar-refractivity contribution in [1.29, 1.82) is 0 Å². The van der Waals surface area contributed by atoms with Crippen LogP contribution in [0.15, 0.2) is 115 Å². The first-order valence-corrected chi connectivity index (χ1v) is 12.8. The molecule has 3 aromatic carbocycles. The topological polar surface area (TPSA) is 84.9 Å². The fourth-order valence-corrected chi connectivity index (χ4v) is 4.47. The van der Waals surface area contributed by atoms with Crippen LogP contribution in [0.3, 0.4) is 0 Å². The lowest BCUT2D eigenvalue weighted by Gasteiger charge is -2.47. The number of benzene rings is 3. The number of ether oxygens (including phenoxy) is 2. The number of β-lactam (4-membered cyclic amide) rings is 1. The van der Waals surface area contributed by atoms with Crippen LogP contribution in [-0.2, 0) is 30.3 Å². The van der Waals surface area contributed by atoms with Gasteiger partial charge in [0.05, 0.1) is 13.0 Å². The first-order valence-electron chi connectivity index (χ1n) is 12.8. The number of carbonyl (C=O) groups excluding carboxylic acids is 3. The van der Waals surface area contributed by atoms with Crippen LogP contribution in [0.4, 0.5) is 0 Å². The lowest BCUT2D eigenvalue weighted by atomic mass is 9.99. The molecule has 7 heteroatoms. The molecule has 1 N–H and O–H groups in total. The molecule has 0 aromatic heterocycles. The zero-order valence-corrected chi connectivity index (χ0v) is 22.1. The van der Waals surface area contributed by atoms with E-state index in [0.29, 0.717) is 5.57 Å². The third-order valence-corrected chi connectivity index (χ3v) is 6.29. The van der Waals surface area contributed by atoms with Crippen molar-refractivity contribution in [3.8, 4) is 0 Å². The SMILES string of the molecule is C=CCO[C@@H]1[C@@H](NC(=O)Cc2ccccc2)C(=O)N1C(C(=O)OC(c1ccccc1)c1ccccc1)=C(C)C. The highest BCUT2D eigenvalue weighted by atomic mass is 16.5. The molecule has 3 aromatic rings. The molecule has 1 heterocycles. The average molecular weight is 525 g/mol. The summed E-state index contributed by atoms with van der Waals surface area (Å²) in [7, 11) is 0. The van der Waals surface area contributed by atoms with Gasteiger partial charge in [-0.05, 0) is 36.1 Å². The number of rotatable bonds is 11. The molecule has 200 valence electrons. The Hall–Kier alpha value is -4.49. The van der Waals surface area contributed by atoms with Crippen molar-refractivity contribution in [3.63, 3.8) is 0 Å². The molecular formula is C32H32N2O5. The number of allylic oxidation sites excluding steroid dienone is 1. The van der Waals surface area contributed by atoms with E-state index in [1.54, 1.807) is 19.9 Å². The van der Waals surface area contributed by atoms with Crippen LogP contribution < -0.4 is 5.32 Å². The van der Waals surface area contributed by atoms with E-state index in [1.807, 2.05) is 91.0 Å². The van der Waals surface area contributed by atoms with Gasteiger partial charge in [0.25, 0.3) is 5.91 Å². The number of hydrogen-bond donors (Lipinski definition) is 1. The summed E-state index contributed by atoms with van der Waals surface area (Å²) < 4.78 is 11.9. The number of amides is 2. The maximum Gasteiger partial charge on any atom is 0.356 e. The molecule has 39 heavy (non-hydrogen) atoms. The number of nitrogens with zero attached hydrogens (tertiary/aromatic N) is 1. The summed E-state index contributed by atoms with van der Waals surface area (Å²) >= 11 is 0. The van der Waals surface area contributed by atoms with E-state index in [9.17, 15) is 14.4 Å². The van der Waals surface area contributed by atoms with Gasteiger partial charge in [0.2, 0.25) is 5.91 Å².